The first-order valence-corrected chi connectivity index (χ1v) is 5.88. The number of nitrogens with zero attached hydrogens (tertiary/aromatic N) is 2. The SMILES string of the molecule is COCCCCCNc1nccc(C)c1C#N. The van der Waals surface area contributed by atoms with E-state index < -0.39 is 0 Å². The van der Waals surface area contributed by atoms with Gasteiger partial charge in [-0.3, -0.25) is 0 Å². The minimum absolute atomic E-state index is 0.643. The van der Waals surface area contributed by atoms with Gasteiger partial charge in [0.2, 0.25) is 0 Å². The van der Waals surface area contributed by atoms with Crippen LogP contribution in [0.25, 0.3) is 0 Å². The number of anilines is 1. The lowest BCUT2D eigenvalue weighted by atomic mass is 10.1. The Hall–Kier alpha value is -1.60. The smallest absolute Gasteiger partial charge is 0.144 e. The Labute approximate surface area is 103 Å². The van der Waals surface area contributed by atoms with Crippen LogP contribution in [0, 0.1) is 18.3 Å². The Kier molecular flexibility index (Phi) is 6.05. The largest absolute Gasteiger partial charge is 0.385 e. The zero-order valence-corrected chi connectivity index (χ0v) is 10.5. The maximum absolute atomic E-state index is 9.03. The van der Waals surface area contributed by atoms with Gasteiger partial charge in [0.1, 0.15) is 11.9 Å². The van der Waals surface area contributed by atoms with Crippen molar-refractivity contribution in [1.82, 2.24) is 4.98 Å². The quantitative estimate of drug-likeness (QED) is 0.735. The van der Waals surface area contributed by atoms with Crippen molar-refractivity contribution in [3.8, 4) is 6.07 Å². The highest BCUT2D eigenvalue weighted by Crippen LogP contribution is 2.15. The number of ether oxygens (including phenoxy) is 1. The highest BCUT2D eigenvalue weighted by atomic mass is 16.5. The van der Waals surface area contributed by atoms with Gasteiger partial charge in [-0.15, -0.1) is 0 Å². The van der Waals surface area contributed by atoms with Crippen LogP contribution in [0.3, 0.4) is 0 Å². The molecule has 1 rings (SSSR count). The lowest BCUT2D eigenvalue weighted by molar-refractivity contribution is 0.192. The number of methoxy groups -OCH3 is 1. The first-order valence-electron chi connectivity index (χ1n) is 5.88. The molecule has 0 aliphatic rings. The van der Waals surface area contributed by atoms with Crippen molar-refractivity contribution in [3.63, 3.8) is 0 Å². The summed E-state index contributed by atoms with van der Waals surface area (Å²) in [5.74, 6) is 0.694. The van der Waals surface area contributed by atoms with Gasteiger partial charge in [-0.1, -0.05) is 0 Å². The number of nitriles is 1. The Morgan fingerprint density at radius 3 is 2.94 bits per heavy atom. The molecule has 17 heavy (non-hydrogen) atoms. The van der Waals surface area contributed by atoms with Crippen LogP contribution in [0.15, 0.2) is 12.3 Å². The summed E-state index contributed by atoms with van der Waals surface area (Å²) in [6, 6.07) is 4.03. The van der Waals surface area contributed by atoms with E-state index >= 15 is 0 Å². The van der Waals surface area contributed by atoms with Crippen LogP contribution in [0.2, 0.25) is 0 Å². The average Bonchev–Trinajstić information content (AvgIpc) is 2.34. The molecule has 1 aromatic rings. The molecule has 0 bridgehead atoms. The van der Waals surface area contributed by atoms with Crippen LogP contribution >= 0.6 is 0 Å². The third kappa shape index (κ3) is 4.41. The molecule has 4 nitrogen and oxygen atoms in total. The average molecular weight is 233 g/mol. The highest BCUT2D eigenvalue weighted by molar-refractivity contribution is 5.55. The molecule has 1 heterocycles. The predicted molar refractivity (Wildman–Crippen MR) is 67.9 cm³/mol. The molecule has 0 atom stereocenters. The summed E-state index contributed by atoms with van der Waals surface area (Å²) in [6.07, 6.45) is 4.98. The van der Waals surface area contributed by atoms with Crippen molar-refractivity contribution >= 4 is 5.82 Å². The highest BCUT2D eigenvalue weighted by Gasteiger charge is 2.04. The van der Waals surface area contributed by atoms with Crippen molar-refractivity contribution in [2.24, 2.45) is 0 Å². The maximum atomic E-state index is 9.03. The Bertz CT molecular complexity index is 385. The monoisotopic (exact) mass is 233 g/mol. The van der Waals surface area contributed by atoms with E-state index in [0.717, 1.165) is 38.0 Å². The molecule has 0 aliphatic heterocycles. The fourth-order valence-electron chi connectivity index (χ4n) is 1.59. The van der Waals surface area contributed by atoms with E-state index in [4.69, 9.17) is 10.00 Å². The van der Waals surface area contributed by atoms with Gasteiger partial charge < -0.3 is 10.1 Å². The first kappa shape index (κ1) is 13.5. The Morgan fingerprint density at radius 2 is 2.24 bits per heavy atom. The third-order valence-corrected chi connectivity index (χ3v) is 2.59. The van der Waals surface area contributed by atoms with Gasteiger partial charge in [-0.05, 0) is 37.8 Å². The first-order chi connectivity index (χ1) is 8.29. The third-order valence-electron chi connectivity index (χ3n) is 2.59. The van der Waals surface area contributed by atoms with E-state index in [2.05, 4.69) is 16.4 Å². The summed E-state index contributed by atoms with van der Waals surface area (Å²) < 4.78 is 4.98. The minimum Gasteiger partial charge on any atom is -0.385 e. The fraction of sp³-hybridized carbons (Fsp3) is 0.538. The van der Waals surface area contributed by atoms with Gasteiger partial charge in [0.15, 0.2) is 0 Å². The molecule has 92 valence electrons. The van der Waals surface area contributed by atoms with Crippen molar-refractivity contribution in [2.75, 3.05) is 25.6 Å². The molecule has 0 saturated heterocycles. The summed E-state index contributed by atoms with van der Waals surface area (Å²) in [7, 11) is 1.72. The molecular formula is C13H19N3O. The predicted octanol–water partition coefficient (Wildman–Crippen LogP) is 2.49. The van der Waals surface area contributed by atoms with Crippen LogP contribution in [0.1, 0.15) is 30.4 Å². The van der Waals surface area contributed by atoms with E-state index in [0.29, 0.717) is 11.4 Å². The molecule has 0 aliphatic carbocycles. The lowest BCUT2D eigenvalue weighted by Crippen LogP contribution is -2.06. The molecule has 0 amide bonds. The zero-order chi connectivity index (χ0) is 12.5. The van der Waals surface area contributed by atoms with Crippen molar-refractivity contribution in [3.05, 3.63) is 23.4 Å². The maximum Gasteiger partial charge on any atom is 0.144 e. The minimum atomic E-state index is 0.643. The molecule has 1 N–H and O–H groups in total. The Balaban J connectivity index is 2.37. The molecule has 0 unspecified atom stereocenters. The molecule has 0 saturated carbocycles. The molecule has 4 heteroatoms. The van der Waals surface area contributed by atoms with Gasteiger partial charge in [-0.2, -0.15) is 5.26 Å². The van der Waals surface area contributed by atoms with E-state index in [1.165, 1.54) is 0 Å². The summed E-state index contributed by atoms with van der Waals surface area (Å²) in [5, 5.41) is 12.2. The number of rotatable bonds is 7. The van der Waals surface area contributed by atoms with Crippen LogP contribution in [-0.2, 0) is 4.74 Å². The van der Waals surface area contributed by atoms with E-state index in [9.17, 15) is 0 Å². The second-order valence-electron chi connectivity index (χ2n) is 3.94. The number of pyridine rings is 1. The van der Waals surface area contributed by atoms with Gasteiger partial charge >= 0.3 is 0 Å². The molecule has 0 spiro atoms. The van der Waals surface area contributed by atoms with Gasteiger partial charge in [0, 0.05) is 26.5 Å². The number of hydrogen-bond acceptors (Lipinski definition) is 4. The van der Waals surface area contributed by atoms with Crippen LogP contribution in [0.5, 0.6) is 0 Å². The Morgan fingerprint density at radius 1 is 1.41 bits per heavy atom. The standard InChI is InChI=1S/C13H19N3O/c1-11-6-8-16-13(12(11)10-14)15-7-4-3-5-9-17-2/h6,8H,3-5,7,9H2,1-2H3,(H,15,16). The normalized spacial score (nSPS) is 9.94. The summed E-state index contributed by atoms with van der Waals surface area (Å²) in [4.78, 5) is 4.19. The van der Waals surface area contributed by atoms with E-state index in [-0.39, 0.29) is 0 Å². The number of nitrogens with one attached hydrogen (secondary N) is 1. The number of unbranched alkanes of at least 4 members (excludes halogenated alkanes) is 2. The summed E-state index contributed by atoms with van der Waals surface area (Å²) in [6.45, 7) is 3.57. The molecule has 1 aromatic heterocycles. The second kappa shape index (κ2) is 7.64. The molecule has 0 radical (unpaired) electrons. The van der Waals surface area contributed by atoms with Crippen molar-refractivity contribution in [2.45, 2.75) is 26.2 Å². The summed E-state index contributed by atoms with van der Waals surface area (Å²) in [5.41, 5.74) is 1.61. The van der Waals surface area contributed by atoms with Crippen LogP contribution in [0.4, 0.5) is 5.82 Å². The van der Waals surface area contributed by atoms with E-state index in [1.807, 2.05) is 13.0 Å². The fourth-order valence-corrected chi connectivity index (χ4v) is 1.59. The van der Waals surface area contributed by atoms with Crippen LogP contribution < -0.4 is 5.32 Å². The van der Waals surface area contributed by atoms with Crippen molar-refractivity contribution < 1.29 is 4.74 Å². The van der Waals surface area contributed by atoms with Gasteiger partial charge in [0.25, 0.3) is 0 Å². The summed E-state index contributed by atoms with van der Waals surface area (Å²) >= 11 is 0. The lowest BCUT2D eigenvalue weighted by Gasteiger charge is -2.08. The van der Waals surface area contributed by atoms with Crippen molar-refractivity contribution in [1.29, 1.82) is 5.26 Å². The number of aromatic nitrogens is 1. The number of aryl methyl sites for hydroxylation is 1. The van der Waals surface area contributed by atoms with Gasteiger partial charge in [0.05, 0.1) is 5.56 Å². The second-order valence-corrected chi connectivity index (χ2v) is 3.94. The topological polar surface area (TPSA) is 57.9 Å². The molecular weight excluding hydrogens is 214 g/mol. The van der Waals surface area contributed by atoms with Gasteiger partial charge in [-0.25, -0.2) is 4.98 Å². The van der Waals surface area contributed by atoms with E-state index in [1.54, 1.807) is 13.3 Å². The number of hydrogen-bond donors (Lipinski definition) is 1. The zero-order valence-electron chi connectivity index (χ0n) is 10.5. The molecule has 0 fully saturated rings. The van der Waals surface area contributed by atoms with Crippen LogP contribution in [-0.4, -0.2) is 25.2 Å². The molecule has 0 aromatic carbocycles.